The second kappa shape index (κ2) is 3.14. The van der Waals surface area contributed by atoms with Crippen molar-refractivity contribution in [3.8, 4) is 0 Å². The van der Waals surface area contributed by atoms with Gasteiger partial charge in [-0.15, -0.1) is 5.10 Å². The van der Waals surface area contributed by atoms with E-state index in [0.717, 1.165) is 0 Å². The molecule has 0 aliphatic carbocycles. The van der Waals surface area contributed by atoms with E-state index in [1.54, 1.807) is 0 Å². The number of halogens is 6. The summed E-state index contributed by atoms with van der Waals surface area (Å²) in [5.74, 6) is -11.6. The van der Waals surface area contributed by atoms with E-state index in [9.17, 15) is 26.3 Å². The smallest absolute Gasteiger partial charge is 0.255 e. The minimum Gasteiger partial charge on any atom is -0.255 e. The molecule has 1 aromatic heterocycles. The van der Waals surface area contributed by atoms with Gasteiger partial charge in [-0.25, -0.2) is 4.39 Å². The van der Waals surface area contributed by atoms with Crippen molar-refractivity contribution in [2.75, 3.05) is 6.67 Å². The van der Waals surface area contributed by atoms with Gasteiger partial charge in [0.15, 0.2) is 6.67 Å². The van der Waals surface area contributed by atoms with Crippen molar-refractivity contribution in [2.45, 2.75) is 11.8 Å². The number of rotatable bonds is 3. The third kappa shape index (κ3) is 1.53. The highest BCUT2D eigenvalue weighted by molar-refractivity contribution is 5.01. The van der Waals surface area contributed by atoms with Crippen LogP contribution in [0.4, 0.5) is 26.3 Å². The lowest BCUT2D eigenvalue weighted by molar-refractivity contribution is -0.226. The lowest BCUT2D eigenvalue weighted by atomic mass is 10.2. The van der Waals surface area contributed by atoms with Crippen LogP contribution in [0.25, 0.3) is 0 Å². The number of aromatic amines is 1. The molecule has 0 aliphatic rings. The van der Waals surface area contributed by atoms with Crippen LogP contribution in [0, 0.1) is 6.08 Å². The van der Waals surface area contributed by atoms with E-state index < -0.39 is 30.4 Å². The monoisotopic (exact) mass is 219 g/mol. The van der Waals surface area contributed by atoms with E-state index in [2.05, 4.69) is 10.1 Å². The zero-order valence-electron chi connectivity index (χ0n) is 6.37. The summed E-state index contributed by atoms with van der Waals surface area (Å²) in [5, 5.41) is 3.75. The van der Waals surface area contributed by atoms with Gasteiger partial charge in [-0.2, -0.15) is 26.9 Å². The summed E-state index contributed by atoms with van der Waals surface area (Å²) in [7, 11) is 0. The summed E-state index contributed by atoms with van der Waals surface area (Å²) < 4.78 is 73.5. The zero-order valence-corrected chi connectivity index (χ0v) is 6.37. The fraction of sp³-hybridized carbons (Fsp3) is 0.600. The van der Waals surface area contributed by atoms with Crippen molar-refractivity contribution in [3.63, 3.8) is 0 Å². The number of nitrogens with one attached hydrogen (secondary N) is 1. The van der Waals surface area contributed by atoms with Crippen molar-refractivity contribution in [3.05, 3.63) is 11.9 Å². The minimum absolute atomic E-state index is 1.25. The van der Waals surface area contributed by atoms with Gasteiger partial charge in [0.25, 0.3) is 0 Å². The van der Waals surface area contributed by atoms with E-state index in [1.165, 1.54) is 5.10 Å². The quantitative estimate of drug-likeness (QED) is 0.785. The van der Waals surface area contributed by atoms with Gasteiger partial charge in [-0.3, -0.25) is 5.10 Å². The maximum absolute atomic E-state index is 12.7. The Morgan fingerprint density at radius 3 is 2.14 bits per heavy atom. The molecule has 0 amide bonds. The van der Waals surface area contributed by atoms with Crippen LogP contribution in [0.3, 0.4) is 0 Å². The van der Waals surface area contributed by atoms with Crippen LogP contribution in [0.1, 0.15) is 5.82 Å². The molecule has 9 heteroatoms. The van der Waals surface area contributed by atoms with Gasteiger partial charge in [0.2, 0.25) is 5.82 Å². The summed E-state index contributed by atoms with van der Waals surface area (Å²) in [6.07, 6.45) is -1.62. The average Bonchev–Trinajstić information content (AvgIpc) is 2.52. The average molecular weight is 219 g/mol. The molecule has 0 bridgehead atoms. The molecule has 0 atom stereocenters. The minimum atomic E-state index is -4.95. The Balaban J connectivity index is 3.07. The second-order valence-corrected chi connectivity index (χ2v) is 2.37. The third-order valence-electron chi connectivity index (χ3n) is 1.38. The molecule has 0 saturated heterocycles. The zero-order chi connectivity index (χ0) is 11.0. The van der Waals surface area contributed by atoms with Gasteiger partial charge in [0.1, 0.15) is 0 Å². The number of hydrogen-bond donors (Lipinski definition) is 1. The predicted octanol–water partition coefficient (Wildman–Crippen LogP) is 1.64. The largest absolute Gasteiger partial charge is 0.370 e. The molecule has 0 unspecified atom stereocenters. The van der Waals surface area contributed by atoms with Gasteiger partial charge in [0.05, 0.1) is 0 Å². The maximum atomic E-state index is 12.7. The van der Waals surface area contributed by atoms with Gasteiger partial charge in [-0.05, 0) is 0 Å². The first-order valence-corrected chi connectivity index (χ1v) is 3.21. The molecule has 0 spiro atoms. The Labute approximate surface area is 73.1 Å². The maximum Gasteiger partial charge on any atom is 0.370 e. The Bertz CT molecular complexity index is 321. The molecule has 3 nitrogen and oxygen atoms in total. The SMILES string of the molecule is FCC(F)(F)C(F)(F)c1nc(F)n[nH]1. The van der Waals surface area contributed by atoms with Gasteiger partial charge in [-0.1, -0.05) is 0 Å². The van der Waals surface area contributed by atoms with Crippen molar-refractivity contribution < 1.29 is 26.3 Å². The highest BCUT2D eigenvalue weighted by atomic mass is 19.3. The van der Waals surface area contributed by atoms with E-state index >= 15 is 0 Å². The van der Waals surface area contributed by atoms with Crippen LogP contribution < -0.4 is 0 Å². The Kier molecular flexibility index (Phi) is 2.42. The number of aromatic nitrogens is 3. The summed E-state index contributed by atoms with van der Waals surface area (Å²) in [6, 6.07) is 0. The van der Waals surface area contributed by atoms with Crippen molar-refractivity contribution in [2.24, 2.45) is 0 Å². The van der Waals surface area contributed by atoms with Gasteiger partial charge < -0.3 is 0 Å². The molecule has 0 radical (unpaired) electrons. The van der Waals surface area contributed by atoms with Crippen LogP contribution in [-0.2, 0) is 5.92 Å². The first-order valence-electron chi connectivity index (χ1n) is 3.21. The topological polar surface area (TPSA) is 41.6 Å². The van der Waals surface area contributed by atoms with Crippen LogP contribution >= 0.6 is 0 Å². The van der Waals surface area contributed by atoms with E-state index in [0.29, 0.717) is 0 Å². The van der Waals surface area contributed by atoms with Crippen LogP contribution in [0.2, 0.25) is 0 Å². The fourth-order valence-corrected chi connectivity index (χ4v) is 0.639. The normalized spacial score (nSPS) is 13.3. The van der Waals surface area contributed by atoms with Crippen LogP contribution in [0.15, 0.2) is 0 Å². The van der Waals surface area contributed by atoms with E-state index in [-0.39, 0.29) is 0 Å². The number of nitrogens with zero attached hydrogens (tertiary/aromatic N) is 2. The molecule has 80 valence electrons. The Hall–Kier alpha value is -1.28. The highest BCUT2D eigenvalue weighted by Crippen LogP contribution is 2.41. The first-order chi connectivity index (χ1) is 6.31. The molecule has 14 heavy (non-hydrogen) atoms. The van der Waals surface area contributed by atoms with E-state index in [4.69, 9.17) is 0 Å². The summed E-state index contributed by atoms with van der Waals surface area (Å²) in [5.41, 5.74) is 0. The summed E-state index contributed by atoms with van der Waals surface area (Å²) in [4.78, 5) is 2.37. The fourth-order valence-electron chi connectivity index (χ4n) is 0.639. The molecular weight excluding hydrogens is 216 g/mol. The lowest BCUT2D eigenvalue weighted by Crippen LogP contribution is -2.40. The summed E-state index contributed by atoms with van der Waals surface area (Å²) in [6.45, 7) is -2.58. The summed E-state index contributed by atoms with van der Waals surface area (Å²) >= 11 is 0. The highest BCUT2D eigenvalue weighted by Gasteiger charge is 2.60. The number of hydrogen-bond acceptors (Lipinski definition) is 2. The predicted molar refractivity (Wildman–Crippen MR) is 31.2 cm³/mol. The van der Waals surface area contributed by atoms with Crippen LogP contribution in [0.5, 0.6) is 0 Å². The molecule has 0 fully saturated rings. The number of alkyl halides is 5. The second-order valence-electron chi connectivity index (χ2n) is 2.37. The molecule has 1 N–H and O–H groups in total. The lowest BCUT2D eigenvalue weighted by Gasteiger charge is -2.21. The molecular formula is C5H3F6N3. The van der Waals surface area contributed by atoms with Crippen molar-refractivity contribution in [1.29, 1.82) is 0 Å². The van der Waals surface area contributed by atoms with Crippen LogP contribution in [-0.4, -0.2) is 27.8 Å². The molecule has 1 heterocycles. The molecule has 1 rings (SSSR count). The Morgan fingerprint density at radius 1 is 1.21 bits per heavy atom. The van der Waals surface area contributed by atoms with E-state index in [1.807, 2.05) is 0 Å². The molecule has 1 aromatic rings. The van der Waals surface area contributed by atoms with Crippen molar-refractivity contribution in [1.82, 2.24) is 15.2 Å². The van der Waals surface area contributed by atoms with Gasteiger partial charge >= 0.3 is 17.9 Å². The number of H-pyrrole nitrogens is 1. The molecule has 0 saturated carbocycles. The van der Waals surface area contributed by atoms with Crippen molar-refractivity contribution >= 4 is 0 Å². The third-order valence-corrected chi connectivity index (χ3v) is 1.38. The standard InChI is InChI=1S/C5H3F6N3/c6-1-4(8,9)5(10,11)2-12-3(7)14-13-2/h1H2,(H,12,13,14). The first kappa shape index (κ1) is 10.8. The molecule has 0 aliphatic heterocycles. The molecule has 0 aromatic carbocycles. The Morgan fingerprint density at radius 2 is 1.79 bits per heavy atom. The van der Waals surface area contributed by atoms with Gasteiger partial charge in [0, 0.05) is 0 Å².